The van der Waals surface area contributed by atoms with Crippen LogP contribution in [0.2, 0.25) is 0 Å². The zero-order valence-electron chi connectivity index (χ0n) is 15.2. The average Bonchev–Trinajstić information content (AvgIpc) is 3.06. The van der Waals surface area contributed by atoms with Crippen LogP contribution >= 0.6 is 0 Å². The molecular weight excluding hydrogens is 342 g/mol. The number of nitrogens with two attached hydrogens (primary N) is 1. The number of hydrogen-bond acceptors (Lipinski definition) is 4. The molecule has 0 bridgehead atoms. The number of benzene rings is 1. The van der Waals surface area contributed by atoms with E-state index in [1.807, 2.05) is 12.1 Å². The van der Waals surface area contributed by atoms with Gasteiger partial charge in [0, 0.05) is 55.9 Å². The molecule has 1 fully saturated rings. The molecule has 4 rings (SSSR count). The zero-order valence-corrected chi connectivity index (χ0v) is 15.2. The fourth-order valence-corrected chi connectivity index (χ4v) is 3.49. The van der Waals surface area contributed by atoms with Crippen molar-refractivity contribution in [3.05, 3.63) is 58.5 Å². The van der Waals surface area contributed by atoms with E-state index in [1.165, 1.54) is 11.8 Å². The Kier molecular flexibility index (Phi) is 4.55. The predicted molar refractivity (Wildman–Crippen MR) is 105 cm³/mol. The molecule has 0 unspecified atom stereocenters. The molecule has 7 heteroatoms. The summed E-state index contributed by atoms with van der Waals surface area (Å²) in [6.07, 6.45) is 1.25. The number of carbonyl (C=O) groups excluding carboxylic acids is 1. The van der Waals surface area contributed by atoms with Crippen LogP contribution in [0.25, 0.3) is 22.2 Å². The number of primary amides is 1. The van der Waals surface area contributed by atoms with E-state index in [0.717, 1.165) is 48.2 Å². The number of aromatic amines is 1. The molecule has 3 heterocycles. The van der Waals surface area contributed by atoms with Gasteiger partial charge >= 0.3 is 6.03 Å². The highest BCUT2D eigenvalue weighted by atomic mass is 16.2. The summed E-state index contributed by atoms with van der Waals surface area (Å²) in [5.74, 6) is 0. The van der Waals surface area contributed by atoms with Crippen LogP contribution in [0.5, 0.6) is 0 Å². The molecule has 0 saturated carbocycles. The van der Waals surface area contributed by atoms with Crippen molar-refractivity contribution < 1.29 is 4.79 Å². The van der Waals surface area contributed by atoms with Gasteiger partial charge in [-0.15, -0.1) is 0 Å². The van der Waals surface area contributed by atoms with Crippen LogP contribution in [-0.2, 0) is 6.54 Å². The van der Waals surface area contributed by atoms with Crippen LogP contribution in [0.15, 0.2) is 41.3 Å². The number of nitrogens with one attached hydrogen (secondary N) is 1. The van der Waals surface area contributed by atoms with Crippen molar-refractivity contribution in [2.45, 2.75) is 6.54 Å². The number of likely N-dealkylation sites (N-methyl/N-ethyl adjacent to an activating group) is 1. The van der Waals surface area contributed by atoms with Gasteiger partial charge in [-0.05, 0) is 36.9 Å². The second kappa shape index (κ2) is 7.02. The quantitative estimate of drug-likeness (QED) is 0.737. The molecule has 3 N–H and O–H groups in total. The van der Waals surface area contributed by atoms with Crippen molar-refractivity contribution in [3.63, 3.8) is 0 Å². The Morgan fingerprint density at radius 3 is 2.74 bits per heavy atom. The second-order valence-electron chi connectivity index (χ2n) is 7.05. The molecule has 1 amide bonds. The summed E-state index contributed by atoms with van der Waals surface area (Å²) < 4.78 is 0.861. The van der Waals surface area contributed by atoms with Gasteiger partial charge in [0.1, 0.15) is 0 Å². The fraction of sp³-hybridized carbons (Fsp3) is 0.300. The van der Waals surface area contributed by atoms with Gasteiger partial charge in [-0.25, -0.2) is 9.36 Å². The van der Waals surface area contributed by atoms with Crippen molar-refractivity contribution in [1.82, 2.24) is 19.4 Å². The van der Waals surface area contributed by atoms with Gasteiger partial charge in [-0.3, -0.25) is 9.69 Å². The lowest BCUT2D eigenvalue weighted by Gasteiger charge is -2.32. The second-order valence-corrected chi connectivity index (χ2v) is 7.05. The van der Waals surface area contributed by atoms with Crippen LogP contribution in [0.4, 0.5) is 4.79 Å². The van der Waals surface area contributed by atoms with Gasteiger partial charge in [-0.1, -0.05) is 6.07 Å². The molecule has 1 radical (unpaired) electrons. The maximum Gasteiger partial charge on any atom is 0.325 e. The SMILES string of the molecule is CN1CCN(Cc2ccc3[nH]c(-c4c[c]cn(C(N)=O)c4=O)cc3c2)CC1. The van der Waals surface area contributed by atoms with Crippen LogP contribution < -0.4 is 11.3 Å². The first-order chi connectivity index (χ1) is 13.0. The van der Waals surface area contributed by atoms with Crippen molar-refractivity contribution in [3.8, 4) is 11.3 Å². The van der Waals surface area contributed by atoms with Crippen molar-refractivity contribution >= 4 is 16.9 Å². The van der Waals surface area contributed by atoms with Gasteiger partial charge in [0.05, 0.1) is 11.3 Å². The number of aromatic nitrogens is 2. The zero-order chi connectivity index (χ0) is 19.0. The normalized spacial score (nSPS) is 16.0. The van der Waals surface area contributed by atoms with Gasteiger partial charge in [0.15, 0.2) is 0 Å². The van der Waals surface area contributed by atoms with Gasteiger partial charge < -0.3 is 15.6 Å². The maximum absolute atomic E-state index is 12.5. The number of H-pyrrole nitrogens is 1. The minimum atomic E-state index is -0.816. The molecule has 1 aliphatic rings. The van der Waals surface area contributed by atoms with Crippen LogP contribution in [-0.4, -0.2) is 58.6 Å². The number of pyridine rings is 1. The largest absolute Gasteiger partial charge is 0.354 e. The molecule has 7 nitrogen and oxygen atoms in total. The molecule has 1 saturated heterocycles. The molecule has 139 valence electrons. The third-order valence-corrected chi connectivity index (χ3v) is 5.10. The summed E-state index contributed by atoms with van der Waals surface area (Å²) in [4.78, 5) is 31.9. The van der Waals surface area contributed by atoms with E-state index in [-0.39, 0.29) is 0 Å². The summed E-state index contributed by atoms with van der Waals surface area (Å²) in [6, 6.07) is 11.8. The lowest BCUT2D eigenvalue weighted by Crippen LogP contribution is -2.43. The highest BCUT2D eigenvalue weighted by Gasteiger charge is 2.15. The number of rotatable bonds is 3. The first-order valence-corrected chi connectivity index (χ1v) is 8.97. The molecule has 1 aliphatic heterocycles. The van der Waals surface area contributed by atoms with Gasteiger partial charge in [-0.2, -0.15) is 0 Å². The summed E-state index contributed by atoms with van der Waals surface area (Å²) in [6.45, 7) is 5.23. The molecule has 0 spiro atoms. The van der Waals surface area contributed by atoms with E-state index in [4.69, 9.17) is 5.73 Å². The monoisotopic (exact) mass is 364 g/mol. The summed E-state index contributed by atoms with van der Waals surface area (Å²) in [5.41, 5.74) is 7.99. The third-order valence-electron chi connectivity index (χ3n) is 5.10. The molecular formula is C20H22N5O2. The Hall–Kier alpha value is -2.90. The Morgan fingerprint density at radius 2 is 2.00 bits per heavy atom. The Labute approximate surface area is 157 Å². The number of amides is 1. The topological polar surface area (TPSA) is 87.4 Å². The highest BCUT2D eigenvalue weighted by molar-refractivity contribution is 5.86. The molecule has 1 aromatic carbocycles. The molecule has 2 aromatic heterocycles. The molecule has 0 aliphatic carbocycles. The number of fused-ring (bicyclic) bond motifs is 1. The van der Waals surface area contributed by atoms with E-state index in [1.54, 1.807) is 6.07 Å². The van der Waals surface area contributed by atoms with E-state index in [0.29, 0.717) is 11.3 Å². The smallest absolute Gasteiger partial charge is 0.325 e. The first kappa shape index (κ1) is 17.5. The summed E-state index contributed by atoms with van der Waals surface area (Å²) in [5, 5.41) is 1.03. The minimum Gasteiger partial charge on any atom is -0.354 e. The Balaban J connectivity index is 1.63. The van der Waals surface area contributed by atoms with E-state index in [2.05, 4.69) is 40.0 Å². The van der Waals surface area contributed by atoms with Crippen molar-refractivity contribution in [1.29, 1.82) is 0 Å². The van der Waals surface area contributed by atoms with Gasteiger partial charge in [0.2, 0.25) is 0 Å². The number of nitrogens with zero attached hydrogens (tertiary/aromatic N) is 3. The molecule has 27 heavy (non-hydrogen) atoms. The van der Waals surface area contributed by atoms with Crippen molar-refractivity contribution in [2.24, 2.45) is 5.73 Å². The van der Waals surface area contributed by atoms with E-state index < -0.39 is 11.6 Å². The minimum absolute atomic E-state index is 0.369. The Morgan fingerprint density at radius 1 is 1.22 bits per heavy atom. The first-order valence-electron chi connectivity index (χ1n) is 8.97. The van der Waals surface area contributed by atoms with E-state index in [9.17, 15) is 9.59 Å². The fourth-order valence-electron chi connectivity index (χ4n) is 3.49. The van der Waals surface area contributed by atoms with Crippen LogP contribution in [0.3, 0.4) is 0 Å². The molecule has 0 atom stereocenters. The highest BCUT2D eigenvalue weighted by Crippen LogP contribution is 2.23. The Bertz CT molecular complexity index is 1040. The van der Waals surface area contributed by atoms with Gasteiger partial charge in [0.25, 0.3) is 5.56 Å². The standard InChI is InChI=1S/C20H22N5O2/c1-23-7-9-24(10-8-23)13-14-4-5-17-15(11-14)12-18(22-17)16-3-2-6-25(19(16)26)20(21)27/h3-6,11-12,22H,7-10,13H2,1H3,(H2,21,27). The van der Waals surface area contributed by atoms with Crippen molar-refractivity contribution in [2.75, 3.05) is 33.2 Å². The lowest BCUT2D eigenvalue weighted by atomic mass is 10.1. The lowest BCUT2D eigenvalue weighted by molar-refractivity contribution is 0.148. The molecule has 3 aromatic rings. The van der Waals surface area contributed by atoms with Crippen LogP contribution in [0.1, 0.15) is 5.56 Å². The van der Waals surface area contributed by atoms with Crippen LogP contribution in [0, 0.1) is 6.07 Å². The third kappa shape index (κ3) is 3.51. The number of hydrogen-bond donors (Lipinski definition) is 2. The average molecular weight is 364 g/mol. The van der Waals surface area contributed by atoms with E-state index >= 15 is 0 Å². The summed E-state index contributed by atoms with van der Waals surface area (Å²) >= 11 is 0. The maximum atomic E-state index is 12.5. The predicted octanol–water partition coefficient (Wildman–Crippen LogP) is 1.47. The number of carbonyl (C=O) groups is 1. The summed E-state index contributed by atoms with van der Waals surface area (Å²) in [7, 11) is 2.15. The number of piperazine rings is 1.